The van der Waals surface area contributed by atoms with E-state index in [1.54, 1.807) is 11.3 Å². The van der Waals surface area contributed by atoms with Gasteiger partial charge in [0.2, 0.25) is 0 Å². The molecule has 0 radical (unpaired) electrons. The minimum Gasteiger partial charge on any atom is -0.374 e. The van der Waals surface area contributed by atoms with E-state index in [-0.39, 0.29) is 30.1 Å². The highest BCUT2D eigenvalue weighted by Crippen LogP contribution is 2.15. The largest absolute Gasteiger partial charge is 0.374 e. The molecule has 7 nitrogen and oxygen atoms in total. The summed E-state index contributed by atoms with van der Waals surface area (Å²) in [6.45, 7) is 6.80. The number of ether oxygens (including phenoxy) is 1. The van der Waals surface area contributed by atoms with E-state index in [0.29, 0.717) is 13.2 Å². The summed E-state index contributed by atoms with van der Waals surface area (Å²) in [6.07, 6.45) is 1.96. The standard InChI is InChI=1S/C23H32N6OS.HI/c1-18(20-9-5-4-6-10-20)30-15-8-13-24-23(25-14-12-21-11-7-16-31-21)26-17-22-28-27-19(2)29(22)3;/h4-7,9-11,16,18H,8,12-15,17H2,1-3H3,(H2,24,25,26);1H. The summed E-state index contributed by atoms with van der Waals surface area (Å²) in [5.41, 5.74) is 1.20. The number of nitrogens with one attached hydrogen (secondary N) is 2. The number of nitrogens with zero attached hydrogens (tertiary/aromatic N) is 4. The van der Waals surface area contributed by atoms with Crippen molar-refractivity contribution >= 4 is 41.3 Å². The van der Waals surface area contributed by atoms with E-state index in [0.717, 1.165) is 43.5 Å². The van der Waals surface area contributed by atoms with Crippen molar-refractivity contribution in [1.82, 2.24) is 25.4 Å². The van der Waals surface area contributed by atoms with Crippen molar-refractivity contribution < 1.29 is 4.74 Å². The molecule has 0 aliphatic heterocycles. The number of rotatable bonds is 11. The first-order valence-electron chi connectivity index (χ1n) is 10.7. The molecule has 32 heavy (non-hydrogen) atoms. The molecule has 2 aromatic heterocycles. The highest BCUT2D eigenvalue weighted by Gasteiger charge is 2.07. The lowest BCUT2D eigenvalue weighted by molar-refractivity contribution is 0.0646. The number of hydrogen-bond donors (Lipinski definition) is 2. The van der Waals surface area contributed by atoms with Crippen LogP contribution in [0.2, 0.25) is 0 Å². The second-order valence-electron chi connectivity index (χ2n) is 7.35. The first-order chi connectivity index (χ1) is 15.1. The van der Waals surface area contributed by atoms with E-state index >= 15 is 0 Å². The van der Waals surface area contributed by atoms with Crippen molar-refractivity contribution in [1.29, 1.82) is 0 Å². The number of aliphatic imine (C=N–C) groups is 1. The molecule has 1 aromatic carbocycles. The molecule has 1 atom stereocenters. The fraction of sp³-hybridized carbons (Fsp3) is 0.435. The van der Waals surface area contributed by atoms with Gasteiger partial charge in [-0.3, -0.25) is 0 Å². The van der Waals surface area contributed by atoms with Gasteiger partial charge in [-0.15, -0.1) is 45.5 Å². The third kappa shape index (κ3) is 8.51. The number of hydrogen-bond acceptors (Lipinski definition) is 5. The molecule has 2 heterocycles. The molecule has 0 fully saturated rings. The molecule has 0 aliphatic carbocycles. The minimum atomic E-state index is 0. The summed E-state index contributed by atoms with van der Waals surface area (Å²) in [7, 11) is 1.96. The van der Waals surface area contributed by atoms with Gasteiger partial charge < -0.3 is 19.9 Å². The summed E-state index contributed by atoms with van der Waals surface area (Å²) in [5, 5.41) is 17.3. The predicted molar refractivity (Wildman–Crippen MR) is 142 cm³/mol. The van der Waals surface area contributed by atoms with Crippen molar-refractivity contribution in [2.45, 2.75) is 39.3 Å². The van der Waals surface area contributed by atoms with E-state index in [4.69, 9.17) is 9.73 Å². The Hall–Kier alpha value is -1.98. The topological polar surface area (TPSA) is 76.4 Å². The van der Waals surface area contributed by atoms with Crippen molar-refractivity contribution in [3.63, 3.8) is 0 Å². The van der Waals surface area contributed by atoms with Gasteiger partial charge in [-0.2, -0.15) is 0 Å². The Morgan fingerprint density at radius 1 is 1.12 bits per heavy atom. The third-order valence-corrected chi connectivity index (χ3v) is 5.99. The number of thiophene rings is 1. The molecule has 174 valence electrons. The summed E-state index contributed by atoms with van der Waals surface area (Å²) >= 11 is 1.78. The average Bonchev–Trinajstić information content (AvgIpc) is 3.42. The van der Waals surface area contributed by atoms with Gasteiger partial charge in [0.25, 0.3) is 0 Å². The summed E-state index contributed by atoms with van der Waals surface area (Å²) < 4.78 is 7.93. The van der Waals surface area contributed by atoms with Gasteiger partial charge in [0, 0.05) is 31.6 Å². The molecule has 0 bridgehead atoms. The Labute approximate surface area is 211 Å². The number of guanidine groups is 1. The van der Waals surface area contributed by atoms with Gasteiger partial charge in [-0.05, 0) is 43.7 Å². The van der Waals surface area contributed by atoms with Crippen LogP contribution in [-0.2, 0) is 24.8 Å². The molecule has 0 aliphatic rings. The first kappa shape index (κ1) is 26.3. The Morgan fingerprint density at radius 2 is 1.91 bits per heavy atom. The van der Waals surface area contributed by atoms with E-state index < -0.39 is 0 Å². The minimum absolute atomic E-state index is 0. The molecule has 2 N–H and O–H groups in total. The van der Waals surface area contributed by atoms with Crippen LogP contribution in [0.5, 0.6) is 0 Å². The molecular formula is C23H33IN6OS. The number of aromatic nitrogens is 3. The van der Waals surface area contributed by atoms with Crippen LogP contribution >= 0.6 is 35.3 Å². The Morgan fingerprint density at radius 3 is 2.59 bits per heavy atom. The SMILES string of the molecule is Cc1nnc(CN=C(NCCCOC(C)c2ccccc2)NCCc2cccs2)n1C.I. The molecule has 1 unspecified atom stereocenters. The molecule has 0 saturated heterocycles. The fourth-order valence-electron chi connectivity index (χ4n) is 3.03. The highest BCUT2D eigenvalue weighted by atomic mass is 127. The molecule has 3 aromatic rings. The lowest BCUT2D eigenvalue weighted by atomic mass is 10.1. The van der Waals surface area contributed by atoms with Crippen molar-refractivity contribution in [2.75, 3.05) is 19.7 Å². The number of halogens is 1. The van der Waals surface area contributed by atoms with Gasteiger partial charge in [-0.25, -0.2) is 4.99 Å². The van der Waals surface area contributed by atoms with Gasteiger partial charge in [-0.1, -0.05) is 36.4 Å². The van der Waals surface area contributed by atoms with E-state index in [9.17, 15) is 0 Å². The van der Waals surface area contributed by atoms with Crippen molar-refractivity contribution in [3.8, 4) is 0 Å². The average molecular weight is 569 g/mol. The van der Waals surface area contributed by atoms with Crippen molar-refractivity contribution in [3.05, 3.63) is 69.9 Å². The fourth-order valence-corrected chi connectivity index (χ4v) is 3.74. The lowest BCUT2D eigenvalue weighted by Gasteiger charge is -2.15. The van der Waals surface area contributed by atoms with E-state index in [1.807, 2.05) is 36.7 Å². The lowest BCUT2D eigenvalue weighted by Crippen LogP contribution is -2.39. The van der Waals surface area contributed by atoms with Crippen LogP contribution in [0, 0.1) is 6.92 Å². The second kappa shape index (κ2) is 14.2. The van der Waals surface area contributed by atoms with E-state index in [2.05, 4.69) is 57.4 Å². The zero-order chi connectivity index (χ0) is 21.9. The monoisotopic (exact) mass is 568 g/mol. The van der Waals surface area contributed by atoms with Crippen LogP contribution < -0.4 is 10.6 Å². The van der Waals surface area contributed by atoms with Gasteiger partial charge >= 0.3 is 0 Å². The van der Waals surface area contributed by atoms with E-state index in [1.165, 1.54) is 10.4 Å². The zero-order valence-corrected chi connectivity index (χ0v) is 22.1. The molecular weight excluding hydrogens is 535 g/mol. The Balaban J connectivity index is 0.00000363. The number of aryl methyl sites for hydroxylation is 1. The van der Waals surface area contributed by atoms with Gasteiger partial charge in [0.15, 0.2) is 11.8 Å². The summed E-state index contributed by atoms with van der Waals surface area (Å²) in [4.78, 5) is 6.06. The van der Waals surface area contributed by atoms with Crippen LogP contribution in [0.25, 0.3) is 0 Å². The molecule has 0 amide bonds. The maximum atomic E-state index is 5.97. The van der Waals surface area contributed by atoms with Crippen LogP contribution in [-0.4, -0.2) is 40.4 Å². The van der Waals surface area contributed by atoms with Crippen LogP contribution in [0.3, 0.4) is 0 Å². The third-order valence-electron chi connectivity index (χ3n) is 5.06. The highest BCUT2D eigenvalue weighted by molar-refractivity contribution is 14.0. The van der Waals surface area contributed by atoms with Crippen molar-refractivity contribution in [2.24, 2.45) is 12.0 Å². The van der Waals surface area contributed by atoms with Gasteiger partial charge in [0.05, 0.1) is 6.10 Å². The Kier molecular flexibility index (Phi) is 11.7. The number of benzene rings is 1. The maximum absolute atomic E-state index is 5.97. The van der Waals surface area contributed by atoms with Crippen LogP contribution in [0.4, 0.5) is 0 Å². The first-order valence-corrected chi connectivity index (χ1v) is 11.6. The Bertz CT molecular complexity index is 929. The predicted octanol–water partition coefficient (Wildman–Crippen LogP) is 4.25. The van der Waals surface area contributed by atoms with Crippen LogP contribution in [0.1, 0.15) is 41.5 Å². The van der Waals surface area contributed by atoms with Gasteiger partial charge in [0.1, 0.15) is 12.4 Å². The maximum Gasteiger partial charge on any atom is 0.191 e. The molecule has 0 saturated carbocycles. The molecule has 9 heteroatoms. The quantitative estimate of drug-likeness (QED) is 0.157. The molecule has 3 rings (SSSR count). The second-order valence-corrected chi connectivity index (χ2v) is 8.38. The zero-order valence-electron chi connectivity index (χ0n) is 19.0. The summed E-state index contributed by atoms with van der Waals surface area (Å²) in [6, 6.07) is 14.5. The molecule has 0 spiro atoms. The smallest absolute Gasteiger partial charge is 0.191 e. The summed E-state index contributed by atoms with van der Waals surface area (Å²) in [5.74, 6) is 2.51. The normalized spacial score (nSPS) is 12.3. The van der Waals surface area contributed by atoms with Crippen LogP contribution in [0.15, 0.2) is 52.8 Å².